The van der Waals surface area contributed by atoms with Gasteiger partial charge in [-0.1, -0.05) is 48.5 Å². The van der Waals surface area contributed by atoms with Gasteiger partial charge in [-0.3, -0.25) is 9.10 Å². The molecule has 0 aliphatic carbocycles. The van der Waals surface area contributed by atoms with Crippen LogP contribution in [0.25, 0.3) is 0 Å². The minimum atomic E-state index is -3.92. The van der Waals surface area contributed by atoms with Gasteiger partial charge in [0, 0.05) is 11.6 Å². The Morgan fingerprint density at radius 1 is 1.00 bits per heavy atom. The summed E-state index contributed by atoms with van der Waals surface area (Å²) < 4.78 is 51.7. The van der Waals surface area contributed by atoms with E-state index < -0.39 is 21.7 Å². The van der Waals surface area contributed by atoms with Crippen LogP contribution in [-0.4, -0.2) is 34.8 Å². The average molecular weight is 487 g/mol. The van der Waals surface area contributed by atoms with E-state index in [1.165, 1.54) is 44.6 Å². The highest BCUT2D eigenvalue weighted by atomic mass is 32.2. The Kier molecular flexibility index (Phi) is 7.78. The van der Waals surface area contributed by atoms with Crippen LogP contribution in [0, 0.1) is 5.82 Å². The number of carbonyl (C=O) groups excluding carboxylic acids is 1. The van der Waals surface area contributed by atoms with Gasteiger partial charge in [-0.25, -0.2) is 12.8 Å². The summed E-state index contributed by atoms with van der Waals surface area (Å²) in [5, 5.41) is 2.89. The summed E-state index contributed by atoms with van der Waals surface area (Å²) in [6, 6.07) is 17.7. The number of benzene rings is 3. The second-order valence-electron chi connectivity index (χ2n) is 7.69. The number of methoxy groups -OCH3 is 2. The zero-order valence-electron chi connectivity index (χ0n) is 19.4. The van der Waals surface area contributed by atoms with E-state index in [9.17, 15) is 17.6 Å². The average Bonchev–Trinajstić information content (AvgIpc) is 2.82. The van der Waals surface area contributed by atoms with Crippen LogP contribution >= 0.6 is 0 Å². The quantitative estimate of drug-likeness (QED) is 0.488. The van der Waals surface area contributed by atoms with Crippen molar-refractivity contribution in [3.05, 3.63) is 89.2 Å². The molecule has 0 saturated carbocycles. The van der Waals surface area contributed by atoms with Gasteiger partial charge in [0.15, 0.2) is 11.5 Å². The molecule has 1 amide bonds. The van der Waals surface area contributed by atoms with Crippen LogP contribution in [0.3, 0.4) is 0 Å². The van der Waals surface area contributed by atoms with E-state index in [0.29, 0.717) is 0 Å². The van der Waals surface area contributed by atoms with Crippen LogP contribution in [0.15, 0.2) is 66.7 Å². The number of anilines is 1. The molecule has 3 aromatic carbocycles. The highest BCUT2D eigenvalue weighted by molar-refractivity contribution is 7.92. The molecule has 0 bridgehead atoms. The van der Waals surface area contributed by atoms with Gasteiger partial charge in [0.2, 0.25) is 10.0 Å². The first-order chi connectivity index (χ1) is 16.2. The SMILES string of the molecule is COc1cc(C(=O)N[C@@H](C)c2ccccc2)c(N(Cc2ccccc2F)S(C)(=O)=O)cc1OC. The van der Waals surface area contributed by atoms with Crippen LogP contribution in [0.2, 0.25) is 0 Å². The Morgan fingerprint density at radius 3 is 2.18 bits per heavy atom. The molecule has 1 N–H and O–H groups in total. The fourth-order valence-electron chi connectivity index (χ4n) is 3.52. The van der Waals surface area contributed by atoms with Crippen molar-refractivity contribution in [1.29, 1.82) is 0 Å². The number of rotatable bonds is 9. The number of ether oxygens (including phenoxy) is 2. The van der Waals surface area contributed by atoms with Crippen molar-refractivity contribution < 1.29 is 27.1 Å². The van der Waals surface area contributed by atoms with Crippen molar-refractivity contribution in [2.45, 2.75) is 19.5 Å². The Balaban J connectivity index is 2.11. The number of amides is 1. The predicted molar refractivity (Wildman–Crippen MR) is 129 cm³/mol. The maximum atomic E-state index is 14.4. The molecular formula is C25H27FN2O5S. The lowest BCUT2D eigenvalue weighted by Crippen LogP contribution is -2.33. The first-order valence-corrected chi connectivity index (χ1v) is 12.3. The molecule has 180 valence electrons. The van der Waals surface area contributed by atoms with Gasteiger partial charge in [0.05, 0.1) is 44.3 Å². The summed E-state index contributed by atoms with van der Waals surface area (Å²) in [6.07, 6.45) is 0.999. The largest absolute Gasteiger partial charge is 0.493 e. The van der Waals surface area contributed by atoms with Crippen molar-refractivity contribution in [1.82, 2.24) is 5.32 Å². The molecule has 0 aromatic heterocycles. The lowest BCUT2D eigenvalue weighted by atomic mass is 10.1. The molecular weight excluding hydrogens is 459 g/mol. The van der Waals surface area contributed by atoms with Gasteiger partial charge in [0.25, 0.3) is 5.91 Å². The van der Waals surface area contributed by atoms with Gasteiger partial charge in [-0.2, -0.15) is 0 Å². The van der Waals surface area contributed by atoms with Crippen molar-refractivity contribution in [3.8, 4) is 11.5 Å². The van der Waals surface area contributed by atoms with Gasteiger partial charge in [-0.05, 0) is 24.6 Å². The number of halogens is 1. The summed E-state index contributed by atoms with van der Waals surface area (Å²) in [5.74, 6) is -0.592. The van der Waals surface area contributed by atoms with Crippen molar-refractivity contribution in [2.75, 3.05) is 24.8 Å². The fourth-order valence-corrected chi connectivity index (χ4v) is 4.40. The van der Waals surface area contributed by atoms with E-state index in [1.54, 1.807) is 6.07 Å². The number of nitrogens with one attached hydrogen (secondary N) is 1. The van der Waals surface area contributed by atoms with Crippen LogP contribution in [0.5, 0.6) is 11.5 Å². The Hall–Kier alpha value is -3.59. The zero-order chi connectivity index (χ0) is 24.9. The van der Waals surface area contributed by atoms with E-state index in [4.69, 9.17) is 9.47 Å². The van der Waals surface area contributed by atoms with Gasteiger partial charge >= 0.3 is 0 Å². The van der Waals surface area contributed by atoms with Crippen molar-refractivity contribution in [2.24, 2.45) is 0 Å². The maximum absolute atomic E-state index is 14.4. The Labute approximate surface area is 199 Å². The topological polar surface area (TPSA) is 84.9 Å². The Morgan fingerprint density at radius 2 is 1.59 bits per heavy atom. The summed E-state index contributed by atoms with van der Waals surface area (Å²) in [4.78, 5) is 13.4. The number of nitrogens with zero attached hydrogens (tertiary/aromatic N) is 1. The highest BCUT2D eigenvalue weighted by Gasteiger charge is 2.28. The van der Waals surface area contributed by atoms with Crippen LogP contribution in [0.4, 0.5) is 10.1 Å². The number of hydrogen-bond donors (Lipinski definition) is 1. The molecule has 1 atom stereocenters. The van der Waals surface area contributed by atoms with Gasteiger partial charge in [-0.15, -0.1) is 0 Å². The fraction of sp³-hybridized carbons (Fsp3) is 0.240. The van der Waals surface area contributed by atoms with Crippen LogP contribution in [-0.2, 0) is 16.6 Å². The normalized spacial score (nSPS) is 12.0. The standard InChI is InChI=1S/C25H27FN2O5S/c1-17(18-10-6-5-7-11-18)27-25(29)20-14-23(32-2)24(33-3)15-22(20)28(34(4,30)31)16-19-12-8-9-13-21(19)26/h5-15,17H,16H2,1-4H3,(H,27,29)/t17-/m0/s1. The molecule has 0 aliphatic heterocycles. The molecule has 0 spiro atoms. The molecule has 9 heteroatoms. The smallest absolute Gasteiger partial charge is 0.254 e. The van der Waals surface area contributed by atoms with Gasteiger partial charge < -0.3 is 14.8 Å². The predicted octanol–water partition coefficient (Wildman–Crippen LogP) is 4.30. The van der Waals surface area contributed by atoms with Crippen LogP contribution in [0.1, 0.15) is 34.5 Å². The first-order valence-electron chi connectivity index (χ1n) is 10.5. The van der Waals surface area contributed by atoms with E-state index in [2.05, 4.69) is 5.32 Å². The lowest BCUT2D eigenvalue weighted by Gasteiger charge is -2.26. The molecule has 7 nitrogen and oxygen atoms in total. The molecule has 0 aliphatic rings. The van der Waals surface area contributed by atoms with Gasteiger partial charge in [0.1, 0.15) is 5.82 Å². The molecule has 3 aromatic rings. The third-order valence-electron chi connectivity index (χ3n) is 5.33. The minimum absolute atomic E-state index is 0.0427. The second kappa shape index (κ2) is 10.6. The lowest BCUT2D eigenvalue weighted by molar-refractivity contribution is 0.0940. The van der Waals surface area contributed by atoms with Crippen LogP contribution < -0.4 is 19.1 Å². The van der Waals surface area contributed by atoms with E-state index in [-0.39, 0.29) is 40.9 Å². The van der Waals surface area contributed by atoms with E-state index in [0.717, 1.165) is 16.1 Å². The molecule has 0 radical (unpaired) electrons. The summed E-state index contributed by atoms with van der Waals surface area (Å²) >= 11 is 0. The van der Waals surface area contributed by atoms with E-state index in [1.807, 2.05) is 37.3 Å². The summed E-state index contributed by atoms with van der Waals surface area (Å²) in [7, 11) is -1.10. The molecule has 34 heavy (non-hydrogen) atoms. The zero-order valence-corrected chi connectivity index (χ0v) is 20.2. The highest BCUT2D eigenvalue weighted by Crippen LogP contribution is 2.37. The second-order valence-corrected chi connectivity index (χ2v) is 9.60. The molecule has 0 saturated heterocycles. The first kappa shape index (κ1) is 25.0. The summed E-state index contributed by atoms with van der Waals surface area (Å²) in [5.41, 5.74) is 1.12. The summed E-state index contributed by atoms with van der Waals surface area (Å²) in [6.45, 7) is 1.51. The molecule has 0 fully saturated rings. The minimum Gasteiger partial charge on any atom is -0.493 e. The Bertz CT molecular complexity index is 1270. The van der Waals surface area contributed by atoms with Crippen molar-refractivity contribution >= 4 is 21.6 Å². The maximum Gasteiger partial charge on any atom is 0.254 e. The number of sulfonamides is 1. The van der Waals surface area contributed by atoms with Crippen molar-refractivity contribution in [3.63, 3.8) is 0 Å². The monoisotopic (exact) mass is 486 g/mol. The molecule has 0 heterocycles. The number of carbonyl (C=O) groups is 1. The third kappa shape index (κ3) is 5.66. The molecule has 0 unspecified atom stereocenters. The molecule has 3 rings (SSSR count). The number of hydrogen-bond acceptors (Lipinski definition) is 5. The third-order valence-corrected chi connectivity index (χ3v) is 6.46. The van der Waals surface area contributed by atoms with E-state index >= 15 is 0 Å².